The van der Waals surface area contributed by atoms with Crippen molar-refractivity contribution >= 4 is 10.8 Å². The number of aromatic nitrogens is 1. The molecule has 0 aliphatic heterocycles. The van der Waals surface area contributed by atoms with Gasteiger partial charge in [0.15, 0.2) is 0 Å². The number of rotatable bonds is 1. The maximum Gasteiger partial charge on any atom is 0.0588 e. The van der Waals surface area contributed by atoms with Gasteiger partial charge in [-0.1, -0.05) is 54.6 Å². The van der Waals surface area contributed by atoms with Crippen molar-refractivity contribution in [2.24, 2.45) is 5.84 Å². The average Bonchev–Trinajstić information content (AvgIpc) is 2.57. The maximum absolute atomic E-state index is 4.56. The highest BCUT2D eigenvalue weighted by Crippen LogP contribution is 2.11. The first kappa shape index (κ1) is 15.8. The summed E-state index contributed by atoms with van der Waals surface area (Å²) in [5, 5.41) is 2.62. The Morgan fingerprint density at radius 3 is 1.40 bits per heavy atom. The summed E-state index contributed by atoms with van der Waals surface area (Å²) >= 11 is 0. The molecule has 20 heavy (non-hydrogen) atoms. The number of fused-ring (bicyclic) bond motifs is 1. The molecule has 0 saturated carbocycles. The summed E-state index contributed by atoms with van der Waals surface area (Å²) in [5.74, 6) is 4.56. The van der Waals surface area contributed by atoms with E-state index in [1.54, 1.807) is 12.4 Å². The predicted octanol–water partition coefficient (Wildman–Crippen LogP) is 2.93. The topological polar surface area (TPSA) is 60.2 Å². The monoisotopic (exact) mass is 269 g/mol. The molecule has 0 radical (unpaired) electrons. The Bertz CT molecular complexity index is 479. The molecule has 3 N–H and O–H groups in total. The minimum Gasteiger partial charge on any atom is -0.291 e. The normalized spacial score (nSPS) is 8.90. The van der Waals surface area contributed by atoms with E-state index in [0.717, 1.165) is 0 Å². The molecule has 0 spiro atoms. The molecule has 0 aliphatic carbocycles. The Morgan fingerprint density at radius 2 is 1.20 bits per heavy atom. The van der Waals surface area contributed by atoms with Gasteiger partial charge in [0.25, 0.3) is 0 Å². The molecule has 0 amide bonds. The van der Waals surface area contributed by atoms with Crippen molar-refractivity contribution in [3.63, 3.8) is 0 Å². The molecule has 4 heteroatoms. The highest BCUT2D eigenvalue weighted by atomic mass is 16.7. The van der Waals surface area contributed by atoms with Crippen LogP contribution in [0.5, 0.6) is 0 Å². The van der Waals surface area contributed by atoms with Crippen molar-refractivity contribution in [2.45, 2.75) is 0 Å². The molecule has 1 heterocycles. The highest BCUT2D eigenvalue weighted by Gasteiger charge is 1.85. The van der Waals surface area contributed by atoms with Crippen LogP contribution in [0.3, 0.4) is 0 Å². The molecule has 4 nitrogen and oxygen atoms in total. The van der Waals surface area contributed by atoms with Gasteiger partial charge in [-0.3, -0.25) is 9.82 Å². The van der Waals surface area contributed by atoms with Gasteiger partial charge in [-0.05, 0) is 22.9 Å². The van der Waals surface area contributed by atoms with E-state index in [1.165, 1.54) is 17.9 Å². The summed E-state index contributed by atoms with van der Waals surface area (Å²) in [5.41, 5.74) is 1.93. The Hall–Kier alpha value is -2.27. The third kappa shape index (κ3) is 6.61. The Labute approximate surface area is 119 Å². The Morgan fingerprint density at radius 1 is 0.800 bits per heavy atom. The first-order chi connectivity index (χ1) is 9.88. The summed E-state index contributed by atoms with van der Waals surface area (Å²) in [6.45, 7) is 0. The first-order valence-electron chi connectivity index (χ1n) is 6.16. The largest absolute Gasteiger partial charge is 0.291 e. The highest BCUT2D eigenvalue weighted by molar-refractivity contribution is 5.81. The fourth-order valence-corrected chi connectivity index (χ4v) is 1.45. The lowest BCUT2D eigenvalue weighted by Gasteiger charge is -1.92. The molecule has 0 unspecified atom stereocenters. The summed E-state index contributed by atoms with van der Waals surface area (Å²) in [4.78, 5) is 7.85. The van der Waals surface area contributed by atoms with Crippen LogP contribution in [0.2, 0.25) is 0 Å². The zero-order valence-corrected chi connectivity index (χ0v) is 11.4. The van der Waals surface area contributed by atoms with Gasteiger partial charge in [-0.15, -0.1) is 5.59 Å². The summed E-state index contributed by atoms with van der Waals surface area (Å²) in [6.07, 6.45) is 3.50. The molecule has 3 rings (SSSR count). The Kier molecular flexibility index (Phi) is 8.39. The smallest absolute Gasteiger partial charge is 0.0588 e. The van der Waals surface area contributed by atoms with E-state index in [4.69, 9.17) is 0 Å². The number of nitrogens with one attached hydrogen (secondary N) is 1. The maximum atomic E-state index is 4.56. The standard InChI is InChI=1S/C10H8.C5H5N.CH6N2O/c1-2-6-10-8-4-3-7-9(10)5-1;1-2-4-6-5-3-1;1-4-3-2/h1-8H;1-5H;3H,2H2,1H3. The molecule has 0 atom stereocenters. The molecule has 0 aliphatic rings. The number of nitrogens with zero attached hydrogens (tertiary/aromatic N) is 1. The van der Waals surface area contributed by atoms with Crippen molar-refractivity contribution in [1.29, 1.82) is 0 Å². The molecular weight excluding hydrogens is 250 g/mol. The van der Waals surface area contributed by atoms with Crippen LogP contribution < -0.4 is 11.4 Å². The molecule has 2 aromatic carbocycles. The van der Waals surface area contributed by atoms with Gasteiger partial charge in [0.2, 0.25) is 0 Å². The minimum absolute atomic E-state index is 1.31. The van der Waals surface area contributed by atoms with Crippen molar-refractivity contribution in [3.8, 4) is 0 Å². The predicted molar refractivity (Wildman–Crippen MR) is 82.5 cm³/mol. The second-order valence-electron chi connectivity index (χ2n) is 3.69. The number of pyridine rings is 1. The van der Waals surface area contributed by atoms with Crippen LogP contribution in [0.4, 0.5) is 0 Å². The summed E-state index contributed by atoms with van der Waals surface area (Å²) < 4.78 is 0. The second-order valence-corrected chi connectivity index (χ2v) is 3.69. The summed E-state index contributed by atoms with van der Waals surface area (Å²) in [7, 11) is 1.44. The number of benzene rings is 2. The lowest BCUT2D eigenvalue weighted by Crippen LogP contribution is -2.19. The number of hydrazine groups is 1. The van der Waals surface area contributed by atoms with Gasteiger partial charge in [0, 0.05) is 12.4 Å². The van der Waals surface area contributed by atoms with Crippen molar-refractivity contribution in [3.05, 3.63) is 79.1 Å². The van der Waals surface area contributed by atoms with E-state index in [-0.39, 0.29) is 0 Å². The molecule has 104 valence electrons. The van der Waals surface area contributed by atoms with E-state index in [2.05, 4.69) is 64.2 Å². The molecular formula is C16H19N3O. The Balaban J connectivity index is 0.000000172. The molecule has 1 aromatic heterocycles. The first-order valence-corrected chi connectivity index (χ1v) is 6.16. The van der Waals surface area contributed by atoms with E-state index in [9.17, 15) is 0 Å². The van der Waals surface area contributed by atoms with Crippen molar-refractivity contribution in [2.75, 3.05) is 7.11 Å². The van der Waals surface area contributed by atoms with Crippen LogP contribution >= 0.6 is 0 Å². The second kappa shape index (κ2) is 10.6. The number of hydrogen-bond acceptors (Lipinski definition) is 4. The zero-order valence-electron chi connectivity index (χ0n) is 11.4. The fourth-order valence-electron chi connectivity index (χ4n) is 1.45. The zero-order chi connectivity index (χ0) is 14.5. The van der Waals surface area contributed by atoms with E-state index in [0.29, 0.717) is 0 Å². The quantitative estimate of drug-likeness (QED) is 0.527. The van der Waals surface area contributed by atoms with Crippen molar-refractivity contribution < 1.29 is 4.84 Å². The third-order valence-electron chi connectivity index (χ3n) is 2.34. The van der Waals surface area contributed by atoms with Gasteiger partial charge in [0.05, 0.1) is 7.11 Å². The average molecular weight is 269 g/mol. The lowest BCUT2D eigenvalue weighted by atomic mass is 10.1. The van der Waals surface area contributed by atoms with Gasteiger partial charge in [-0.25, -0.2) is 5.84 Å². The number of hydrogen-bond donors (Lipinski definition) is 2. The number of nitrogens with two attached hydrogens (primary N) is 1. The van der Waals surface area contributed by atoms with E-state index >= 15 is 0 Å². The van der Waals surface area contributed by atoms with Gasteiger partial charge in [-0.2, -0.15) is 0 Å². The van der Waals surface area contributed by atoms with Crippen LogP contribution in [0, 0.1) is 0 Å². The van der Waals surface area contributed by atoms with Crippen LogP contribution in [-0.2, 0) is 4.84 Å². The van der Waals surface area contributed by atoms with Crippen molar-refractivity contribution in [1.82, 2.24) is 10.6 Å². The van der Waals surface area contributed by atoms with Gasteiger partial charge >= 0.3 is 0 Å². The molecule has 0 fully saturated rings. The van der Waals surface area contributed by atoms with Crippen LogP contribution in [-0.4, -0.2) is 12.1 Å². The van der Waals surface area contributed by atoms with E-state index < -0.39 is 0 Å². The van der Waals surface area contributed by atoms with Crippen LogP contribution in [0.15, 0.2) is 79.1 Å². The van der Waals surface area contributed by atoms with Crippen LogP contribution in [0.25, 0.3) is 10.8 Å². The van der Waals surface area contributed by atoms with Gasteiger partial charge in [0.1, 0.15) is 0 Å². The fraction of sp³-hybridized carbons (Fsp3) is 0.0625. The minimum atomic E-state index is 1.31. The van der Waals surface area contributed by atoms with Gasteiger partial charge < -0.3 is 0 Å². The SMILES string of the molecule is CONN.c1ccc2ccccc2c1.c1ccncc1. The third-order valence-corrected chi connectivity index (χ3v) is 2.34. The summed E-state index contributed by atoms with van der Waals surface area (Å²) in [6, 6.07) is 22.4. The van der Waals surface area contributed by atoms with Crippen LogP contribution in [0.1, 0.15) is 0 Å². The van der Waals surface area contributed by atoms with E-state index in [1.807, 2.05) is 23.8 Å². The molecule has 3 aromatic rings. The molecule has 0 saturated heterocycles. The lowest BCUT2D eigenvalue weighted by molar-refractivity contribution is 0.0925. The molecule has 0 bridgehead atoms.